The van der Waals surface area contributed by atoms with Gasteiger partial charge in [-0.25, -0.2) is 15.6 Å². The fourth-order valence-corrected chi connectivity index (χ4v) is 0.572. The van der Waals surface area contributed by atoms with Crippen molar-refractivity contribution in [3.05, 3.63) is 0 Å². The molecule has 0 bridgehead atoms. The topological polar surface area (TPSA) is 88.7 Å². The molecule has 0 saturated carbocycles. The molecule has 1 aliphatic heterocycles. The summed E-state index contributed by atoms with van der Waals surface area (Å²) >= 11 is 0. The Morgan fingerprint density at radius 2 is 2.80 bits per heavy atom. The van der Waals surface area contributed by atoms with Crippen LogP contribution in [0, 0.1) is 0 Å². The van der Waals surface area contributed by atoms with Crippen LogP contribution in [0.5, 0.6) is 0 Å². The highest BCUT2D eigenvalue weighted by Crippen LogP contribution is 1.95. The van der Waals surface area contributed by atoms with E-state index in [9.17, 15) is 4.79 Å². The van der Waals surface area contributed by atoms with E-state index in [4.69, 9.17) is 5.84 Å². The van der Waals surface area contributed by atoms with Crippen LogP contribution < -0.4 is 16.6 Å². The number of carbonyl (C=O) groups is 1. The molecule has 0 fully saturated rings. The van der Waals surface area contributed by atoms with Crippen LogP contribution in [-0.4, -0.2) is 25.2 Å². The number of hydrazine groups is 1. The van der Waals surface area contributed by atoms with Gasteiger partial charge in [-0.1, -0.05) is 0 Å². The normalized spacial score (nSPS) is 21.9. The lowest BCUT2D eigenvalue weighted by molar-refractivity contribution is 0.108. The van der Waals surface area contributed by atoms with Crippen LogP contribution in [-0.2, 0) is 4.74 Å². The van der Waals surface area contributed by atoms with E-state index >= 15 is 0 Å². The molecule has 6 nitrogen and oxygen atoms in total. The average molecular weight is 144 g/mol. The van der Waals surface area contributed by atoms with Crippen LogP contribution in [0.1, 0.15) is 0 Å². The van der Waals surface area contributed by atoms with Gasteiger partial charge in [0.2, 0.25) is 6.23 Å². The molecule has 6 heteroatoms. The molecule has 1 aliphatic rings. The summed E-state index contributed by atoms with van der Waals surface area (Å²) in [7, 11) is 0. The SMILES string of the molecule is NNC(=O)OC1CNC=N1. The number of aliphatic imine (C=N–C) groups is 1. The van der Waals surface area contributed by atoms with Gasteiger partial charge >= 0.3 is 6.09 Å². The minimum Gasteiger partial charge on any atom is -0.421 e. The number of ether oxygens (including phenoxy) is 1. The Labute approximate surface area is 57.4 Å². The highest BCUT2D eigenvalue weighted by atomic mass is 16.6. The van der Waals surface area contributed by atoms with Crippen LogP contribution >= 0.6 is 0 Å². The number of hydrogen-bond acceptors (Lipinski definition) is 5. The number of nitrogens with two attached hydrogens (primary N) is 1. The van der Waals surface area contributed by atoms with Crippen molar-refractivity contribution in [2.24, 2.45) is 10.8 Å². The molecule has 0 saturated heterocycles. The van der Waals surface area contributed by atoms with E-state index in [1.165, 1.54) is 6.34 Å². The van der Waals surface area contributed by atoms with Gasteiger partial charge in [-0.15, -0.1) is 0 Å². The number of nitrogens with zero attached hydrogens (tertiary/aromatic N) is 1. The van der Waals surface area contributed by atoms with Crippen molar-refractivity contribution in [3.63, 3.8) is 0 Å². The smallest absolute Gasteiger partial charge is 0.421 e. The van der Waals surface area contributed by atoms with Crippen molar-refractivity contribution in [3.8, 4) is 0 Å². The lowest BCUT2D eigenvalue weighted by Crippen LogP contribution is -2.34. The third-order valence-electron chi connectivity index (χ3n) is 0.985. The number of amides is 1. The first-order chi connectivity index (χ1) is 4.83. The lowest BCUT2D eigenvalue weighted by Gasteiger charge is -2.06. The predicted molar refractivity (Wildman–Crippen MR) is 34.1 cm³/mol. The van der Waals surface area contributed by atoms with Crippen molar-refractivity contribution in [1.29, 1.82) is 0 Å². The molecule has 0 aromatic rings. The summed E-state index contributed by atoms with van der Waals surface area (Å²) < 4.78 is 4.62. The fourth-order valence-electron chi connectivity index (χ4n) is 0.572. The molecule has 56 valence electrons. The van der Waals surface area contributed by atoms with Gasteiger partial charge in [0, 0.05) is 0 Å². The van der Waals surface area contributed by atoms with Gasteiger partial charge < -0.3 is 10.1 Å². The van der Waals surface area contributed by atoms with E-state index in [0.29, 0.717) is 6.54 Å². The molecule has 0 aromatic carbocycles. The summed E-state index contributed by atoms with van der Waals surface area (Å²) in [6.07, 6.45) is 0.364. The lowest BCUT2D eigenvalue weighted by atomic mass is 10.6. The Morgan fingerprint density at radius 1 is 2.00 bits per heavy atom. The maximum atomic E-state index is 10.4. The molecule has 1 heterocycles. The number of carbonyl (C=O) groups excluding carboxylic acids is 1. The first-order valence-electron chi connectivity index (χ1n) is 2.75. The summed E-state index contributed by atoms with van der Waals surface area (Å²) in [5.74, 6) is 4.75. The molecule has 1 atom stereocenters. The van der Waals surface area contributed by atoms with Crippen molar-refractivity contribution < 1.29 is 9.53 Å². The Balaban J connectivity index is 2.24. The molecule has 0 aliphatic carbocycles. The number of rotatable bonds is 1. The van der Waals surface area contributed by atoms with Crippen molar-refractivity contribution in [2.45, 2.75) is 6.23 Å². The van der Waals surface area contributed by atoms with Crippen LogP contribution in [0.2, 0.25) is 0 Å². The molecule has 0 radical (unpaired) electrons. The zero-order valence-electron chi connectivity index (χ0n) is 5.20. The van der Waals surface area contributed by atoms with E-state index in [-0.39, 0.29) is 0 Å². The molecule has 1 rings (SSSR count). The fraction of sp³-hybridized carbons (Fsp3) is 0.500. The average Bonchev–Trinajstić information content (AvgIpc) is 2.40. The van der Waals surface area contributed by atoms with Gasteiger partial charge in [0.05, 0.1) is 12.9 Å². The van der Waals surface area contributed by atoms with Crippen LogP contribution in [0.15, 0.2) is 4.99 Å². The van der Waals surface area contributed by atoms with Gasteiger partial charge in [-0.05, 0) is 0 Å². The van der Waals surface area contributed by atoms with Gasteiger partial charge in [0.15, 0.2) is 0 Å². The summed E-state index contributed by atoms with van der Waals surface area (Å²) in [6.45, 7) is 0.507. The highest BCUT2D eigenvalue weighted by molar-refractivity contribution is 5.67. The molecule has 10 heavy (non-hydrogen) atoms. The summed E-state index contributed by atoms with van der Waals surface area (Å²) in [5.41, 5.74) is 1.83. The second-order valence-electron chi connectivity index (χ2n) is 1.69. The minimum absolute atomic E-state index is 0.441. The van der Waals surface area contributed by atoms with Crippen molar-refractivity contribution in [1.82, 2.24) is 10.7 Å². The van der Waals surface area contributed by atoms with Crippen LogP contribution in [0.25, 0.3) is 0 Å². The first kappa shape index (κ1) is 6.81. The second kappa shape index (κ2) is 3.02. The monoisotopic (exact) mass is 144 g/mol. The Kier molecular flexibility index (Phi) is 2.06. The van der Waals surface area contributed by atoms with E-state index in [1.54, 1.807) is 0 Å². The van der Waals surface area contributed by atoms with E-state index in [0.717, 1.165) is 0 Å². The third-order valence-corrected chi connectivity index (χ3v) is 0.985. The maximum absolute atomic E-state index is 10.4. The largest absolute Gasteiger partial charge is 0.423 e. The van der Waals surface area contributed by atoms with E-state index < -0.39 is 12.3 Å². The summed E-state index contributed by atoms with van der Waals surface area (Å²) in [5, 5.41) is 2.76. The Hall–Kier alpha value is -1.30. The first-order valence-corrected chi connectivity index (χ1v) is 2.75. The Bertz CT molecular complexity index is 157. The number of hydrogen-bond donors (Lipinski definition) is 3. The standard InChI is InChI=1S/C4H8N4O2/c5-8-4(9)10-3-1-6-2-7-3/h2-3H,1,5H2,(H,6,7)(H,8,9). The quantitative estimate of drug-likeness (QED) is 0.238. The molecular weight excluding hydrogens is 136 g/mol. The second-order valence-corrected chi connectivity index (χ2v) is 1.69. The van der Waals surface area contributed by atoms with Gasteiger partial charge in [0.25, 0.3) is 0 Å². The molecule has 0 spiro atoms. The zero-order chi connectivity index (χ0) is 7.40. The highest BCUT2D eigenvalue weighted by Gasteiger charge is 2.13. The molecule has 1 unspecified atom stereocenters. The zero-order valence-corrected chi connectivity index (χ0v) is 5.20. The molecular formula is C4H8N4O2. The van der Waals surface area contributed by atoms with Gasteiger partial charge in [0.1, 0.15) is 0 Å². The molecule has 4 N–H and O–H groups in total. The minimum atomic E-state index is -0.675. The number of nitrogens with one attached hydrogen (secondary N) is 2. The van der Waals surface area contributed by atoms with Crippen LogP contribution in [0.4, 0.5) is 4.79 Å². The van der Waals surface area contributed by atoms with E-state index in [1.807, 2.05) is 5.43 Å². The summed E-state index contributed by atoms with van der Waals surface area (Å²) in [6, 6.07) is 0. The van der Waals surface area contributed by atoms with Gasteiger partial charge in [-0.3, -0.25) is 5.43 Å². The molecule has 0 aromatic heterocycles. The van der Waals surface area contributed by atoms with E-state index in [2.05, 4.69) is 15.0 Å². The van der Waals surface area contributed by atoms with Gasteiger partial charge in [-0.2, -0.15) is 0 Å². The predicted octanol–water partition coefficient (Wildman–Crippen LogP) is -1.46. The Morgan fingerprint density at radius 3 is 3.30 bits per heavy atom. The maximum Gasteiger partial charge on any atom is 0.423 e. The van der Waals surface area contributed by atoms with Crippen LogP contribution in [0.3, 0.4) is 0 Å². The summed E-state index contributed by atoms with van der Waals surface area (Å²) in [4.78, 5) is 14.2. The van der Waals surface area contributed by atoms with Crippen molar-refractivity contribution >= 4 is 12.4 Å². The molecule has 1 amide bonds. The van der Waals surface area contributed by atoms with Crippen molar-refractivity contribution in [2.75, 3.05) is 6.54 Å². The third kappa shape index (κ3) is 1.59.